The zero-order chi connectivity index (χ0) is 16.2. The Morgan fingerprint density at radius 3 is 2.48 bits per heavy atom. The van der Waals surface area contributed by atoms with Crippen molar-refractivity contribution in [2.24, 2.45) is 11.7 Å². The van der Waals surface area contributed by atoms with E-state index in [0.29, 0.717) is 18.4 Å². The molecule has 1 aromatic rings. The van der Waals surface area contributed by atoms with Crippen molar-refractivity contribution in [3.63, 3.8) is 0 Å². The molecule has 0 aliphatic rings. The maximum Gasteiger partial charge on any atom is 0.419 e. The first-order chi connectivity index (χ1) is 9.62. The fourth-order valence-electron chi connectivity index (χ4n) is 1.93. The average molecular weight is 306 g/mol. The van der Waals surface area contributed by atoms with Gasteiger partial charge in [-0.15, -0.1) is 0 Å². The number of carbonyl (C=O) groups is 1. The van der Waals surface area contributed by atoms with E-state index in [1.54, 1.807) is 0 Å². The van der Waals surface area contributed by atoms with Gasteiger partial charge < -0.3 is 11.1 Å². The highest BCUT2D eigenvalue weighted by atomic mass is 19.4. The lowest BCUT2D eigenvalue weighted by atomic mass is 10.0. The Morgan fingerprint density at radius 2 is 1.95 bits per heavy atom. The lowest BCUT2D eigenvalue weighted by molar-refractivity contribution is -0.140. The quantitative estimate of drug-likeness (QED) is 0.822. The van der Waals surface area contributed by atoms with Crippen LogP contribution in [-0.2, 0) is 6.18 Å². The molecule has 0 spiro atoms. The standard InChI is InChI=1S/C14H18F4N2O/c1-8(2)6-9(19)7-20-13(21)10-4-3-5-11(12(10)15)14(16,17)18/h3-5,8-9H,6-7,19H2,1-2H3,(H,20,21). The van der Waals surface area contributed by atoms with Gasteiger partial charge in [-0.25, -0.2) is 4.39 Å². The van der Waals surface area contributed by atoms with E-state index in [4.69, 9.17) is 5.73 Å². The molecule has 0 saturated carbocycles. The Morgan fingerprint density at radius 1 is 1.33 bits per heavy atom. The number of amides is 1. The molecular formula is C14H18F4N2O. The van der Waals surface area contributed by atoms with Crippen LogP contribution in [0.5, 0.6) is 0 Å². The maximum atomic E-state index is 13.7. The third kappa shape index (κ3) is 5.00. The van der Waals surface area contributed by atoms with Crippen LogP contribution in [0.15, 0.2) is 18.2 Å². The van der Waals surface area contributed by atoms with Crippen LogP contribution >= 0.6 is 0 Å². The van der Waals surface area contributed by atoms with E-state index < -0.39 is 29.0 Å². The normalized spacial score (nSPS) is 13.3. The molecule has 1 aromatic carbocycles. The minimum atomic E-state index is -4.84. The Hall–Kier alpha value is -1.63. The molecule has 0 aromatic heterocycles. The van der Waals surface area contributed by atoms with Crippen LogP contribution < -0.4 is 11.1 Å². The highest BCUT2D eigenvalue weighted by Gasteiger charge is 2.35. The fourth-order valence-corrected chi connectivity index (χ4v) is 1.93. The molecule has 0 saturated heterocycles. The molecule has 21 heavy (non-hydrogen) atoms. The first-order valence-corrected chi connectivity index (χ1v) is 6.52. The number of alkyl halides is 3. The average Bonchev–Trinajstić information content (AvgIpc) is 2.34. The summed E-state index contributed by atoms with van der Waals surface area (Å²) < 4.78 is 51.4. The Balaban J connectivity index is 2.80. The van der Waals surface area contributed by atoms with E-state index in [9.17, 15) is 22.4 Å². The Labute approximate surface area is 120 Å². The van der Waals surface area contributed by atoms with Gasteiger partial charge >= 0.3 is 6.18 Å². The van der Waals surface area contributed by atoms with Crippen LogP contribution in [0.4, 0.5) is 17.6 Å². The van der Waals surface area contributed by atoms with Crippen LogP contribution in [0, 0.1) is 11.7 Å². The van der Waals surface area contributed by atoms with Gasteiger partial charge in [-0.1, -0.05) is 19.9 Å². The van der Waals surface area contributed by atoms with Crippen molar-refractivity contribution in [3.8, 4) is 0 Å². The van der Waals surface area contributed by atoms with Crippen LogP contribution in [0.2, 0.25) is 0 Å². The molecule has 118 valence electrons. The van der Waals surface area contributed by atoms with Gasteiger partial charge in [0, 0.05) is 12.6 Å². The van der Waals surface area contributed by atoms with Crippen LogP contribution in [0.1, 0.15) is 36.2 Å². The third-order valence-corrected chi connectivity index (χ3v) is 2.85. The number of benzene rings is 1. The summed E-state index contributed by atoms with van der Waals surface area (Å²) in [6, 6.07) is 2.27. The van der Waals surface area contributed by atoms with Gasteiger partial charge in [0.1, 0.15) is 5.82 Å². The van der Waals surface area contributed by atoms with Crippen molar-refractivity contribution in [2.45, 2.75) is 32.5 Å². The monoisotopic (exact) mass is 306 g/mol. The Kier molecular flexibility index (Phi) is 5.71. The zero-order valence-corrected chi connectivity index (χ0v) is 11.8. The second-order valence-electron chi connectivity index (χ2n) is 5.26. The van der Waals surface area contributed by atoms with Crippen molar-refractivity contribution in [2.75, 3.05) is 6.54 Å². The second-order valence-corrected chi connectivity index (χ2v) is 5.26. The van der Waals surface area contributed by atoms with Crippen LogP contribution in [0.3, 0.4) is 0 Å². The van der Waals surface area contributed by atoms with E-state index in [2.05, 4.69) is 5.32 Å². The summed E-state index contributed by atoms with van der Waals surface area (Å²) in [5.41, 5.74) is 3.66. The van der Waals surface area contributed by atoms with Gasteiger partial charge in [0.05, 0.1) is 11.1 Å². The second kappa shape index (κ2) is 6.89. The summed E-state index contributed by atoms with van der Waals surface area (Å²) in [4.78, 5) is 11.8. The molecule has 1 unspecified atom stereocenters. The van der Waals surface area contributed by atoms with Crippen molar-refractivity contribution in [1.82, 2.24) is 5.32 Å². The molecule has 1 atom stereocenters. The minimum absolute atomic E-state index is 0.0761. The number of nitrogens with two attached hydrogens (primary N) is 1. The van der Waals surface area contributed by atoms with Gasteiger partial charge in [0.2, 0.25) is 0 Å². The first kappa shape index (κ1) is 17.4. The summed E-state index contributed by atoms with van der Waals surface area (Å²) in [6.45, 7) is 3.98. The summed E-state index contributed by atoms with van der Waals surface area (Å²) in [6.07, 6.45) is -4.19. The smallest absolute Gasteiger partial charge is 0.350 e. The van der Waals surface area contributed by atoms with Gasteiger partial charge in [-0.2, -0.15) is 13.2 Å². The molecule has 1 rings (SSSR count). The molecule has 0 radical (unpaired) electrons. The lowest BCUT2D eigenvalue weighted by Gasteiger charge is -2.15. The van der Waals surface area contributed by atoms with Crippen LogP contribution in [0.25, 0.3) is 0 Å². The number of carbonyl (C=O) groups excluding carboxylic acids is 1. The number of hydrogen-bond donors (Lipinski definition) is 2. The third-order valence-electron chi connectivity index (χ3n) is 2.85. The fraction of sp³-hybridized carbons (Fsp3) is 0.500. The maximum absolute atomic E-state index is 13.7. The molecule has 3 N–H and O–H groups in total. The highest BCUT2D eigenvalue weighted by Crippen LogP contribution is 2.32. The number of nitrogens with one attached hydrogen (secondary N) is 1. The van der Waals surface area contributed by atoms with Crippen LogP contribution in [-0.4, -0.2) is 18.5 Å². The van der Waals surface area contributed by atoms with Crippen molar-refractivity contribution >= 4 is 5.91 Å². The SMILES string of the molecule is CC(C)CC(N)CNC(=O)c1cccc(C(F)(F)F)c1F. The molecule has 7 heteroatoms. The van der Waals surface area contributed by atoms with Gasteiger partial charge in [-0.3, -0.25) is 4.79 Å². The molecule has 0 fully saturated rings. The first-order valence-electron chi connectivity index (χ1n) is 6.52. The topological polar surface area (TPSA) is 55.1 Å². The number of halogens is 4. The lowest BCUT2D eigenvalue weighted by Crippen LogP contribution is -2.38. The minimum Gasteiger partial charge on any atom is -0.350 e. The number of rotatable bonds is 5. The zero-order valence-electron chi connectivity index (χ0n) is 11.8. The molecule has 0 aliphatic carbocycles. The predicted molar refractivity (Wildman–Crippen MR) is 71.2 cm³/mol. The molecule has 0 bridgehead atoms. The highest BCUT2D eigenvalue weighted by molar-refractivity contribution is 5.94. The molecule has 0 aliphatic heterocycles. The number of hydrogen-bond acceptors (Lipinski definition) is 2. The molecule has 0 heterocycles. The van der Waals surface area contributed by atoms with Crippen molar-refractivity contribution in [3.05, 3.63) is 35.1 Å². The molecule has 1 amide bonds. The Bertz CT molecular complexity index is 500. The van der Waals surface area contributed by atoms with E-state index >= 15 is 0 Å². The predicted octanol–water partition coefficient (Wildman–Crippen LogP) is 2.95. The van der Waals surface area contributed by atoms with Gasteiger partial charge in [0.25, 0.3) is 5.91 Å². The van der Waals surface area contributed by atoms with Crippen molar-refractivity contribution in [1.29, 1.82) is 0 Å². The van der Waals surface area contributed by atoms with E-state index in [-0.39, 0.29) is 12.6 Å². The van der Waals surface area contributed by atoms with E-state index in [0.717, 1.165) is 12.1 Å². The van der Waals surface area contributed by atoms with Crippen molar-refractivity contribution < 1.29 is 22.4 Å². The van der Waals surface area contributed by atoms with Gasteiger partial charge in [-0.05, 0) is 24.5 Å². The van der Waals surface area contributed by atoms with E-state index in [1.165, 1.54) is 0 Å². The van der Waals surface area contributed by atoms with Gasteiger partial charge in [0.15, 0.2) is 0 Å². The summed E-state index contributed by atoms with van der Waals surface area (Å²) in [7, 11) is 0. The molecular weight excluding hydrogens is 288 g/mol. The summed E-state index contributed by atoms with van der Waals surface area (Å²) in [5, 5.41) is 2.35. The molecule has 3 nitrogen and oxygen atoms in total. The largest absolute Gasteiger partial charge is 0.419 e. The van der Waals surface area contributed by atoms with E-state index in [1.807, 2.05) is 13.8 Å². The summed E-state index contributed by atoms with van der Waals surface area (Å²) in [5.74, 6) is -2.15. The summed E-state index contributed by atoms with van der Waals surface area (Å²) >= 11 is 0.